The molecule has 0 heterocycles. The van der Waals surface area contributed by atoms with Gasteiger partial charge in [-0.3, -0.25) is 4.79 Å². The lowest BCUT2D eigenvalue weighted by Crippen LogP contribution is -2.33. The van der Waals surface area contributed by atoms with Crippen LogP contribution in [0.1, 0.15) is 22.0 Å². The fourth-order valence-corrected chi connectivity index (χ4v) is 1.83. The van der Waals surface area contributed by atoms with Crippen molar-refractivity contribution in [1.29, 1.82) is 0 Å². The van der Waals surface area contributed by atoms with E-state index in [9.17, 15) is 14.7 Å². The fourth-order valence-electron chi connectivity index (χ4n) is 1.83. The first kappa shape index (κ1) is 13.6. The summed E-state index contributed by atoms with van der Waals surface area (Å²) in [7, 11) is 0. The molecule has 102 valence electrons. The summed E-state index contributed by atoms with van der Waals surface area (Å²) in [6.07, 6.45) is 0. The van der Waals surface area contributed by atoms with Gasteiger partial charge in [0, 0.05) is 11.3 Å². The molecule has 2 rings (SSSR count). The minimum atomic E-state index is -1.12. The van der Waals surface area contributed by atoms with Crippen molar-refractivity contribution in [2.45, 2.75) is 6.04 Å². The third-order valence-corrected chi connectivity index (χ3v) is 2.80. The topological polar surface area (TPSA) is 92.4 Å². The quantitative estimate of drug-likeness (QED) is 0.739. The van der Waals surface area contributed by atoms with Crippen LogP contribution < -0.4 is 11.1 Å². The van der Waals surface area contributed by atoms with Gasteiger partial charge in [-0.05, 0) is 23.8 Å². The zero-order chi connectivity index (χ0) is 14.5. The Morgan fingerprint density at radius 2 is 1.75 bits per heavy atom. The van der Waals surface area contributed by atoms with Crippen LogP contribution in [0.5, 0.6) is 0 Å². The molecule has 0 aliphatic rings. The Morgan fingerprint density at radius 3 is 2.35 bits per heavy atom. The molecule has 0 aromatic heterocycles. The summed E-state index contributed by atoms with van der Waals surface area (Å²) in [6, 6.07) is 13.8. The van der Waals surface area contributed by atoms with Crippen molar-refractivity contribution in [3.05, 3.63) is 65.7 Å². The summed E-state index contributed by atoms with van der Waals surface area (Å²) >= 11 is 0. The van der Waals surface area contributed by atoms with Crippen LogP contribution in [0, 0.1) is 0 Å². The monoisotopic (exact) mass is 270 g/mol. The molecule has 5 heteroatoms. The zero-order valence-electron chi connectivity index (χ0n) is 10.6. The molecule has 1 atom stereocenters. The van der Waals surface area contributed by atoms with Crippen LogP contribution in [0.2, 0.25) is 0 Å². The molecule has 1 amide bonds. The average molecular weight is 270 g/mol. The smallest absolute Gasteiger partial charge is 0.330 e. The molecule has 2 aromatic carbocycles. The minimum Gasteiger partial charge on any atom is -0.479 e. The van der Waals surface area contributed by atoms with Crippen LogP contribution in [0.15, 0.2) is 54.6 Å². The summed E-state index contributed by atoms with van der Waals surface area (Å²) in [5, 5.41) is 11.7. The van der Waals surface area contributed by atoms with Crippen molar-refractivity contribution in [3.8, 4) is 0 Å². The van der Waals surface area contributed by atoms with E-state index < -0.39 is 17.9 Å². The summed E-state index contributed by atoms with van der Waals surface area (Å²) in [4.78, 5) is 23.3. The Balaban J connectivity index is 2.21. The van der Waals surface area contributed by atoms with E-state index in [0.29, 0.717) is 16.8 Å². The SMILES string of the molecule is Nc1cccc(C(=O)N[C@@H](C(=O)O)c2ccccc2)c1. The van der Waals surface area contributed by atoms with Crippen molar-refractivity contribution in [2.24, 2.45) is 0 Å². The second-order valence-corrected chi connectivity index (χ2v) is 4.28. The molecule has 0 saturated carbocycles. The van der Waals surface area contributed by atoms with Crippen LogP contribution in [0.25, 0.3) is 0 Å². The number of benzene rings is 2. The molecule has 0 bridgehead atoms. The van der Waals surface area contributed by atoms with Crippen molar-refractivity contribution >= 4 is 17.6 Å². The van der Waals surface area contributed by atoms with Gasteiger partial charge in [0.25, 0.3) is 5.91 Å². The normalized spacial score (nSPS) is 11.6. The Morgan fingerprint density at radius 1 is 1.05 bits per heavy atom. The van der Waals surface area contributed by atoms with Crippen LogP contribution in [-0.2, 0) is 4.79 Å². The average Bonchev–Trinajstić information content (AvgIpc) is 2.45. The molecule has 0 radical (unpaired) electrons. The van der Waals surface area contributed by atoms with Gasteiger partial charge < -0.3 is 16.2 Å². The van der Waals surface area contributed by atoms with E-state index in [2.05, 4.69) is 5.32 Å². The molecule has 0 fully saturated rings. The van der Waals surface area contributed by atoms with Crippen LogP contribution >= 0.6 is 0 Å². The number of rotatable bonds is 4. The number of aliphatic carboxylic acids is 1. The maximum absolute atomic E-state index is 12.1. The summed E-state index contributed by atoms with van der Waals surface area (Å²) in [5.41, 5.74) is 6.89. The molecule has 0 unspecified atom stereocenters. The van der Waals surface area contributed by atoms with Crippen molar-refractivity contribution in [2.75, 3.05) is 5.73 Å². The van der Waals surface area contributed by atoms with Crippen LogP contribution in [0.3, 0.4) is 0 Å². The number of carboxylic acid groups (broad SMARTS) is 1. The first-order chi connectivity index (χ1) is 9.58. The lowest BCUT2D eigenvalue weighted by molar-refractivity contribution is -0.139. The Kier molecular flexibility index (Phi) is 4.00. The maximum Gasteiger partial charge on any atom is 0.330 e. The fraction of sp³-hybridized carbons (Fsp3) is 0.0667. The second kappa shape index (κ2) is 5.88. The van der Waals surface area contributed by atoms with Gasteiger partial charge in [0.2, 0.25) is 0 Å². The molecular weight excluding hydrogens is 256 g/mol. The molecule has 2 aromatic rings. The third-order valence-electron chi connectivity index (χ3n) is 2.80. The number of amides is 1. The van der Waals surface area contributed by atoms with Crippen molar-refractivity contribution in [1.82, 2.24) is 5.32 Å². The maximum atomic E-state index is 12.1. The number of nitrogen functional groups attached to an aromatic ring is 1. The highest BCUT2D eigenvalue weighted by Gasteiger charge is 2.22. The lowest BCUT2D eigenvalue weighted by atomic mass is 10.1. The number of carbonyl (C=O) groups is 2. The third kappa shape index (κ3) is 3.14. The van der Waals surface area contributed by atoms with Gasteiger partial charge in [0.1, 0.15) is 0 Å². The van der Waals surface area contributed by atoms with Gasteiger partial charge >= 0.3 is 5.97 Å². The molecule has 5 nitrogen and oxygen atoms in total. The second-order valence-electron chi connectivity index (χ2n) is 4.28. The van der Waals surface area contributed by atoms with E-state index in [4.69, 9.17) is 5.73 Å². The van der Waals surface area contributed by atoms with Crippen LogP contribution in [0.4, 0.5) is 5.69 Å². The molecule has 0 saturated heterocycles. The summed E-state index contributed by atoms with van der Waals surface area (Å²) in [6.45, 7) is 0. The van der Waals surface area contributed by atoms with E-state index in [0.717, 1.165) is 0 Å². The summed E-state index contributed by atoms with van der Waals surface area (Å²) in [5.74, 6) is -1.60. The Hall–Kier alpha value is -2.82. The molecule has 4 N–H and O–H groups in total. The van der Waals surface area contributed by atoms with E-state index in [1.807, 2.05) is 0 Å². The summed E-state index contributed by atoms with van der Waals surface area (Å²) < 4.78 is 0. The zero-order valence-corrected chi connectivity index (χ0v) is 10.6. The van der Waals surface area contributed by atoms with E-state index >= 15 is 0 Å². The van der Waals surface area contributed by atoms with Gasteiger partial charge in [-0.1, -0.05) is 36.4 Å². The number of carbonyl (C=O) groups excluding carboxylic acids is 1. The van der Waals surface area contributed by atoms with Gasteiger partial charge in [-0.2, -0.15) is 0 Å². The molecular formula is C15H14N2O3. The van der Waals surface area contributed by atoms with Crippen molar-refractivity contribution < 1.29 is 14.7 Å². The minimum absolute atomic E-state index is 0.326. The van der Waals surface area contributed by atoms with Gasteiger partial charge in [-0.15, -0.1) is 0 Å². The standard InChI is InChI=1S/C15H14N2O3/c16-12-8-4-7-11(9-12)14(18)17-13(15(19)20)10-5-2-1-3-6-10/h1-9,13H,16H2,(H,17,18)(H,19,20)/t13-/m1/s1. The predicted molar refractivity (Wildman–Crippen MR) is 75.1 cm³/mol. The van der Waals surface area contributed by atoms with Gasteiger partial charge in [-0.25, -0.2) is 4.79 Å². The first-order valence-corrected chi connectivity index (χ1v) is 6.02. The van der Waals surface area contributed by atoms with Crippen LogP contribution in [-0.4, -0.2) is 17.0 Å². The van der Waals surface area contributed by atoms with Crippen molar-refractivity contribution in [3.63, 3.8) is 0 Å². The number of carboxylic acids is 1. The highest BCUT2D eigenvalue weighted by molar-refractivity contribution is 5.97. The number of hydrogen-bond acceptors (Lipinski definition) is 3. The predicted octanol–water partition coefficient (Wildman–Crippen LogP) is 1.82. The molecule has 0 aliphatic heterocycles. The number of anilines is 1. The Bertz CT molecular complexity index is 626. The highest BCUT2D eigenvalue weighted by atomic mass is 16.4. The lowest BCUT2D eigenvalue weighted by Gasteiger charge is -2.15. The Labute approximate surface area is 116 Å². The number of nitrogens with one attached hydrogen (secondary N) is 1. The van der Waals surface area contributed by atoms with Gasteiger partial charge in [0.15, 0.2) is 6.04 Å². The highest BCUT2D eigenvalue weighted by Crippen LogP contribution is 2.14. The molecule has 0 aliphatic carbocycles. The molecule has 0 spiro atoms. The van der Waals surface area contributed by atoms with E-state index in [-0.39, 0.29) is 0 Å². The van der Waals surface area contributed by atoms with E-state index in [1.165, 1.54) is 6.07 Å². The number of nitrogens with two attached hydrogens (primary N) is 1. The largest absolute Gasteiger partial charge is 0.479 e. The number of hydrogen-bond donors (Lipinski definition) is 3. The van der Waals surface area contributed by atoms with E-state index in [1.54, 1.807) is 48.5 Å². The van der Waals surface area contributed by atoms with Gasteiger partial charge in [0.05, 0.1) is 0 Å². The molecule has 20 heavy (non-hydrogen) atoms. The first-order valence-electron chi connectivity index (χ1n) is 6.02.